The molecular formula is C15H20N4S. The summed E-state index contributed by atoms with van der Waals surface area (Å²) < 4.78 is 2.75. The normalized spacial score (nSPS) is 11.4. The van der Waals surface area contributed by atoms with Gasteiger partial charge in [0, 0.05) is 12.2 Å². The molecule has 2 rings (SSSR count). The van der Waals surface area contributed by atoms with Crippen LogP contribution in [-0.2, 0) is 13.0 Å². The summed E-state index contributed by atoms with van der Waals surface area (Å²) in [7, 11) is 0. The molecule has 0 spiro atoms. The van der Waals surface area contributed by atoms with Crippen molar-refractivity contribution >= 4 is 23.3 Å². The minimum atomic E-state index is 0.484. The van der Waals surface area contributed by atoms with E-state index in [2.05, 4.69) is 48.3 Å². The van der Waals surface area contributed by atoms with Crippen molar-refractivity contribution in [1.29, 1.82) is 5.26 Å². The molecule has 4 nitrogen and oxygen atoms in total. The van der Waals surface area contributed by atoms with Gasteiger partial charge >= 0.3 is 0 Å². The van der Waals surface area contributed by atoms with Crippen molar-refractivity contribution in [2.24, 2.45) is 11.8 Å². The molecule has 20 heavy (non-hydrogen) atoms. The zero-order valence-corrected chi connectivity index (χ0v) is 13.2. The lowest BCUT2D eigenvalue weighted by Crippen LogP contribution is -2.11. The van der Waals surface area contributed by atoms with E-state index >= 15 is 0 Å². The summed E-state index contributed by atoms with van der Waals surface area (Å²) in [6.45, 7) is 9.51. The molecule has 0 aliphatic carbocycles. The van der Waals surface area contributed by atoms with Gasteiger partial charge in [0.1, 0.15) is 11.6 Å². The molecule has 0 aliphatic rings. The van der Waals surface area contributed by atoms with Crippen LogP contribution in [0.3, 0.4) is 0 Å². The van der Waals surface area contributed by atoms with Gasteiger partial charge in [0.25, 0.3) is 0 Å². The zero-order chi connectivity index (χ0) is 14.9. The van der Waals surface area contributed by atoms with Gasteiger partial charge in [0.15, 0.2) is 4.64 Å². The minimum Gasteiger partial charge on any atom is -0.343 e. The number of aromatic amines is 1. The molecule has 1 N–H and O–H groups in total. The highest BCUT2D eigenvalue weighted by atomic mass is 32.1. The predicted octanol–water partition coefficient (Wildman–Crippen LogP) is 3.82. The van der Waals surface area contributed by atoms with Gasteiger partial charge < -0.3 is 9.55 Å². The lowest BCUT2D eigenvalue weighted by Gasteiger charge is -2.14. The Bertz CT molecular complexity index is 716. The van der Waals surface area contributed by atoms with Crippen LogP contribution in [0.15, 0.2) is 6.33 Å². The first-order valence-electron chi connectivity index (χ1n) is 6.94. The number of H-pyrrole nitrogens is 1. The third-order valence-corrected chi connectivity index (χ3v) is 3.52. The van der Waals surface area contributed by atoms with E-state index in [9.17, 15) is 5.26 Å². The summed E-state index contributed by atoms with van der Waals surface area (Å²) in [6.07, 6.45) is 2.44. The van der Waals surface area contributed by atoms with Gasteiger partial charge in [-0.3, -0.25) is 0 Å². The lowest BCUT2D eigenvalue weighted by atomic mass is 10.0. The Labute approximate surface area is 124 Å². The smallest absolute Gasteiger partial charge is 0.153 e. The van der Waals surface area contributed by atoms with E-state index in [1.165, 1.54) is 0 Å². The zero-order valence-electron chi connectivity index (χ0n) is 12.4. The maximum atomic E-state index is 9.53. The summed E-state index contributed by atoms with van der Waals surface area (Å²) in [5.74, 6) is 0.969. The van der Waals surface area contributed by atoms with Gasteiger partial charge in [0.2, 0.25) is 0 Å². The fourth-order valence-electron chi connectivity index (χ4n) is 2.53. The largest absolute Gasteiger partial charge is 0.343 e. The standard InChI is InChI=1S/C15H20N4S/c1-9(2)5-12-11(6-16)13-14(15(20)18-8-17-13)19(12)7-10(3)4/h8-10H,5,7H2,1-4H3,(H,17,18,20). The van der Waals surface area contributed by atoms with Crippen LogP contribution in [0.25, 0.3) is 11.0 Å². The van der Waals surface area contributed by atoms with E-state index in [1.807, 2.05) is 0 Å². The highest BCUT2D eigenvalue weighted by molar-refractivity contribution is 7.71. The van der Waals surface area contributed by atoms with Crippen LogP contribution in [-0.4, -0.2) is 14.5 Å². The van der Waals surface area contributed by atoms with Crippen molar-refractivity contribution in [2.45, 2.75) is 40.7 Å². The van der Waals surface area contributed by atoms with Crippen molar-refractivity contribution < 1.29 is 0 Å². The summed E-state index contributed by atoms with van der Waals surface area (Å²) in [4.78, 5) is 7.27. The Morgan fingerprint density at radius 1 is 1.35 bits per heavy atom. The molecule has 0 fully saturated rings. The summed E-state index contributed by atoms with van der Waals surface area (Å²) in [6, 6.07) is 2.34. The number of nitrogens with zero attached hydrogens (tertiary/aromatic N) is 3. The number of hydrogen-bond acceptors (Lipinski definition) is 3. The predicted molar refractivity (Wildman–Crippen MR) is 83.0 cm³/mol. The monoisotopic (exact) mass is 288 g/mol. The molecule has 0 atom stereocenters. The van der Waals surface area contributed by atoms with Crippen LogP contribution in [0.5, 0.6) is 0 Å². The van der Waals surface area contributed by atoms with Crippen LogP contribution in [0.4, 0.5) is 0 Å². The van der Waals surface area contributed by atoms with E-state index < -0.39 is 0 Å². The molecule has 2 heterocycles. The molecule has 2 aromatic heterocycles. The molecule has 0 aromatic carbocycles. The Morgan fingerprint density at radius 2 is 2.05 bits per heavy atom. The van der Waals surface area contributed by atoms with Crippen LogP contribution in [0.1, 0.15) is 39.0 Å². The molecule has 0 unspecified atom stereocenters. The Hall–Kier alpha value is -1.67. The quantitative estimate of drug-likeness (QED) is 0.870. The van der Waals surface area contributed by atoms with Crippen LogP contribution < -0.4 is 0 Å². The molecule has 0 radical (unpaired) electrons. The molecule has 5 heteroatoms. The van der Waals surface area contributed by atoms with E-state index in [-0.39, 0.29) is 0 Å². The van der Waals surface area contributed by atoms with Crippen LogP contribution in [0, 0.1) is 27.8 Å². The second-order valence-corrected chi connectivity index (χ2v) is 6.35. The lowest BCUT2D eigenvalue weighted by molar-refractivity contribution is 0.505. The molecule has 2 aromatic rings. The summed E-state index contributed by atoms with van der Waals surface area (Å²) in [5, 5.41) is 9.53. The van der Waals surface area contributed by atoms with Crippen molar-refractivity contribution in [3.05, 3.63) is 22.2 Å². The summed E-state index contributed by atoms with van der Waals surface area (Å²) in [5.41, 5.74) is 3.50. The third kappa shape index (κ3) is 2.61. The Balaban J connectivity index is 2.82. The highest BCUT2D eigenvalue weighted by Crippen LogP contribution is 2.27. The van der Waals surface area contributed by atoms with Gasteiger partial charge in [-0.1, -0.05) is 39.9 Å². The molecule has 0 amide bonds. The van der Waals surface area contributed by atoms with Crippen LogP contribution in [0.2, 0.25) is 0 Å². The van der Waals surface area contributed by atoms with Gasteiger partial charge in [-0.2, -0.15) is 5.26 Å². The van der Waals surface area contributed by atoms with Crippen LogP contribution >= 0.6 is 12.2 Å². The SMILES string of the molecule is CC(C)Cc1c(C#N)c2[nH]cnc(=S)c2n1CC(C)C. The Kier molecular flexibility index (Phi) is 4.24. The first kappa shape index (κ1) is 14.7. The fraction of sp³-hybridized carbons (Fsp3) is 0.533. The number of rotatable bonds is 4. The van der Waals surface area contributed by atoms with Gasteiger partial charge in [-0.15, -0.1) is 0 Å². The number of fused-ring (bicyclic) bond motifs is 1. The first-order valence-corrected chi connectivity index (χ1v) is 7.35. The molecule has 0 aliphatic heterocycles. The van der Waals surface area contributed by atoms with Crippen molar-refractivity contribution in [2.75, 3.05) is 0 Å². The van der Waals surface area contributed by atoms with Gasteiger partial charge in [0.05, 0.1) is 17.4 Å². The second kappa shape index (κ2) is 5.76. The molecule has 0 saturated carbocycles. The van der Waals surface area contributed by atoms with Gasteiger partial charge in [-0.05, 0) is 18.3 Å². The van der Waals surface area contributed by atoms with Gasteiger partial charge in [-0.25, -0.2) is 4.98 Å². The maximum Gasteiger partial charge on any atom is 0.153 e. The van der Waals surface area contributed by atoms with E-state index in [0.717, 1.165) is 29.7 Å². The average Bonchev–Trinajstić information content (AvgIpc) is 2.63. The molecular weight excluding hydrogens is 268 g/mol. The highest BCUT2D eigenvalue weighted by Gasteiger charge is 2.20. The van der Waals surface area contributed by atoms with E-state index in [4.69, 9.17) is 12.2 Å². The summed E-state index contributed by atoms with van der Waals surface area (Å²) >= 11 is 5.37. The first-order chi connectivity index (χ1) is 9.45. The van der Waals surface area contributed by atoms with E-state index in [0.29, 0.717) is 22.0 Å². The second-order valence-electron chi connectivity index (χ2n) is 5.97. The molecule has 0 bridgehead atoms. The average molecular weight is 288 g/mol. The molecule has 106 valence electrons. The fourth-order valence-corrected chi connectivity index (χ4v) is 2.80. The Morgan fingerprint density at radius 3 is 2.60 bits per heavy atom. The minimum absolute atomic E-state index is 0.484. The van der Waals surface area contributed by atoms with Crippen molar-refractivity contribution in [3.63, 3.8) is 0 Å². The van der Waals surface area contributed by atoms with Crippen molar-refractivity contribution in [3.8, 4) is 6.07 Å². The topological polar surface area (TPSA) is 57.4 Å². The van der Waals surface area contributed by atoms with E-state index in [1.54, 1.807) is 6.33 Å². The van der Waals surface area contributed by atoms with Crippen molar-refractivity contribution in [1.82, 2.24) is 14.5 Å². The number of nitrogens with one attached hydrogen (secondary N) is 1. The number of hydrogen-bond donors (Lipinski definition) is 1. The number of aromatic nitrogens is 3. The number of nitriles is 1. The molecule has 0 saturated heterocycles. The maximum absolute atomic E-state index is 9.53. The third-order valence-electron chi connectivity index (χ3n) is 3.23.